The molecule has 1 aliphatic rings. The zero-order chi connectivity index (χ0) is 9.38. The molecular weight excluding hydrogens is 178 g/mol. The number of hydrogen-bond donors (Lipinski definition) is 1. The Morgan fingerprint density at radius 1 is 1.43 bits per heavy atom. The van der Waals surface area contributed by atoms with Crippen molar-refractivity contribution >= 4 is 10.9 Å². The topological polar surface area (TPSA) is 39.1 Å². The van der Waals surface area contributed by atoms with E-state index in [2.05, 4.69) is 10.4 Å². The Kier molecular flexibility index (Phi) is 1.75. The minimum atomic E-state index is -0.102. The van der Waals surface area contributed by atoms with Gasteiger partial charge in [0, 0.05) is 11.9 Å². The highest BCUT2D eigenvalue weighted by Gasteiger charge is 2.18. The molecule has 2 aromatic rings. The fraction of sp³-hybridized carbons (Fsp3) is 0.300. The molecule has 4 nitrogen and oxygen atoms in total. The number of nitrogens with zero attached hydrogens (tertiary/aromatic N) is 2. The summed E-state index contributed by atoms with van der Waals surface area (Å²) in [4.78, 5) is 0. The first kappa shape index (κ1) is 7.96. The molecule has 4 heteroatoms. The van der Waals surface area contributed by atoms with Gasteiger partial charge in [-0.1, -0.05) is 18.2 Å². The van der Waals surface area contributed by atoms with Crippen LogP contribution in [0.2, 0.25) is 0 Å². The smallest absolute Gasteiger partial charge is 0.206 e. The molecular formula is C10H11N3O. The fourth-order valence-corrected chi connectivity index (χ4v) is 1.75. The maximum atomic E-state index is 5.49. The summed E-state index contributed by atoms with van der Waals surface area (Å²) in [6.07, 6.45) is 1.76. The predicted molar refractivity (Wildman–Crippen MR) is 52.7 cm³/mol. The van der Waals surface area contributed by atoms with Gasteiger partial charge in [-0.25, -0.2) is 4.68 Å². The van der Waals surface area contributed by atoms with Crippen LogP contribution in [-0.2, 0) is 4.74 Å². The van der Waals surface area contributed by atoms with Crippen LogP contribution in [-0.4, -0.2) is 22.9 Å². The molecule has 1 aromatic heterocycles. The molecule has 1 aromatic carbocycles. The number of rotatable bonds is 1. The van der Waals surface area contributed by atoms with Gasteiger partial charge in [0.15, 0.2) is 0 Å². The van der Waals surface area contributed by atoms with E-state index in [0.29, 0.717) is 0 Å². The molecule has 1 saturated heterocycles. The Morgan fingerprint density at radius 2 is 2.36 bits per heavy atom. The molecule has 1 N–H and O–H groups in total. The second kappa shape index (κ2) is 3.08. The lowest BCUT2D eigenvalue weighted by molar-refractivity contribution is 0.0380. The van der Waals surface area contributed by atoms with Gasteiger partial charge < -0.3 is 4.74 Å². The van der Waals surface area contributed by atoms with Crippen LogP contribution in [0.4, 0.5) is 0 Å². The van der Waals surface area contributed by atoms with Crippen LogP contribution < -0.4 is 5.32 Å². The molecule has 2 heterocycles. The van der Waals surface area contributed by atoms with Crippen molar-refractivity contribution in [1.29, 1.82) is 0 Å². The second-order valence-corrected chi connectivity index (χ2v) is 3.33. The van der Waals surface area contributed by atoms with Gasteiger partial charge in [0.05, 0.1) is 18.3 Å². The number of aromatic nitrogens is 2. The van der Waals surface area contributed by atoms with Gasteiger partial charge in [-0.15, -0.1) is 0 Å². The van der Waals surface area contributed by atoms with Crippen molar-refractivity contribution in [2.45, 2.75) is 6.35 Å². The summed E-state index contributed by atoms with van der Waals surface area (Å²) in [5, 5.41) is 8.68. The van der Waals surface area contributed by atoms with Crippen LogP contribution in [0.5, 0.6) is 0 Å². The molecule has 1 atom stereocenters. The molecule has 0 saturated carbocycles. The maximum Gasteiger partial charge on any atom is 0.206 e. The van der Waals surface area contributed by atoms with Crippen LogP contribution in [0, 0.1) is 0 Å². The molecule has 1 unspecified atom stereocenters. The zero-order valence-corrected chi connectivity index (χ0v) is 7.68. The highest BCUT2D eigenvalue weighted by atomic mass is 16.5. The van der Waals surface area contributed by atoms with E-state index in [1.807, 2.05) is 35.1 Å². The molecule has 1 fully saturated rings. The van der Waals surface area contributed by atoms with E-state index in [9.17, 15) is 0 Å². The molecule has 0 bridgehead atoms. The van der Waals surface area contributed by atoms with Crippen molar-refractivity contribution in [3.8, 4) is 0 Å². The molecule has 0 radical (unpaired) electrons. The van der Waals surface area contributed by atoms with E-state index in [4.69, 9.17) is 4.74 Å². The lowest BCUT2D eigenvalue weighted by Gasteiger charge is -2.11. The first-order chi connectivity index (χ1) is 6.95. The minimum Gasteiger partial charge on any atom is -0.342 e. The van der Waals surface area contributed by atoms with Gasteiger partial charge >= 0.3 is 0 Å². The van der Waals surface area contributed by atoms with Crippen molar-refractivity contribution in [2.75, 3.05) is 13.2 Å². The normalized spacial score (nSPS) is 21.9. The van der Waals surface area contributed by atoms with E-state index in [0.717, 1.165) is 24.1 Å². The van der Waals surface area contributed by atoms with E-state index < -0.39 is 0 Å². The van der Waals surface area contributed by atoms with Gasteiger partial charge in [-0.05, 0) is 6.07 Å². The van der Waals surface area contributed by atoms with Gasteiger partial charge in [0.25, 0.3) is 0 Å². The average molecular weight is 189 g/mol. The van der Waals surface area contributed by atoms with Gasteiger partial charge in [-0.2, -0.15) is 5.10 Å². The molecule has 3 rings (SSSR count). The quantitative estimate of drug-likeness (QED) is 0.730. The van der Waals surface area contributed by atoms with Crippen LogP contribution in [0.25, 0.3) is 10.9 Å². The number of benzene rings is 1. The van der Waals surface area contributed by atoms with Crippen molar-refractivity contribution in [3.05, 3.63) is 30.5 Å². The third-order valence-electron chi connectivity index (χ3n) is 2.42. The third-order valence-corrected chi connectivity index (χ3v) is 2.42. The van der Waals surface area contributed by atoms with Crippen molar-refractivity contribution < 1.29 is 4.74 Å². The van der Waals surface area contributed by atoms with Crippen LogP contribution in [0.15, 0.2) is 30.5 Å². The lowest BCUT2D eigenvalue weighted by Crippen LogP contribution is -2.21. The Balaban J connectivity index is 2.11. The Hall–Kier alpha value is -1.39. The molecule has 0 aliphatic carbocycles. The van der Waals surface area contributed by atoms with E-state index in [1.54, 1.807) is 0 Å². The number of hydrogen-bond acceptors (Lipinski definition) is 3. The summed E-state index contributed by atoms with van der Waals surface area (Å²) in [6, 6.07) is 8.12. The molecule has 72 valence electrons. The third kappa shape index (κ3) is 1.12. The molecule has 14 heavy (non-hydrogen) atoms. The average Bonchev–Trinajstić information content (AvgIpc) is 2.85. The van der Waals surface area contributed by atoms with Crippen LogP contribution in [0.3, 0.4) is 0 Å². The summed E-state index contributed by atoms with van der Waals surface area (Å²) in [7, 11) is 0. The van der Waals surface area contributed by atoms with Crippen molar-refractivity contribution in [3.63, 3.8) is 0 Å². The molecule has 0 amide bonds. The SMILES string of the molecule is c1ccc2c(c1)cnn2C1NCCO1. The largest absolute Gasteiger partial charge is 0.342 e. The number of ether oxygens (including phenoxy) is 1. The summed E-state index contributed by atoms with van der Waals surface area (Å²) < 4.78 is 7.37. The van der Waals surface area contributed by atoms with E-state index in [-0.39, 0.29) is 6.35 Å². The maximum absolute atomic E-state index is 5.49. The first-order valence-electron chi connectivity index (χ1n) is 4.72. The number of nitrogens with one attached hydrogen (secondary N) is 1. The number of para-hydroxylation sites is 1. The summed E-state index contributed by atoms with van der Waals surface area (Å²) in [5.74, 6) is 0. The minimum absolute atomic E-state index is 0.102. The van der Waals surface area contributed by atoms with E-state index in [1.165, 1.54) is 0 Å². The standard InChI is InChI=1S/C10H11N3O/c1-2-4-9-8(3-1)7-12-13(9)10-11-5-6-14-10/h1-4,7,10-11H,5-6H2. The van der Waals surface area contributed by atoms with Gasteiger partial charge in [-0.3, -0.25) is 5.32 Å². The molecule has 0 spiro atoms. The highest BCUT2D eigenvalue weighted by molar-refractivity contribution is 5.78. The first-order valence-corrected chi connectivity index (χ1v) is 4.72. The number of fused-ring (bicyclic) bond motifs is 1. The second-order valence-electron chi connectivity index (χ2n) is 3.33. The fourth-order valence-electron chi connectivity index (χ4n) is 1.75. The predicted octanol–water partition coefficient (Wildman–Crippen LogP) is 1.11. The summed E-state index contributed by atoms with van der Waals surface area (Å²) in [5.41, 5.74) is 1.10. The van der Waals surface area contributed by atoms with Crippen molar-refractivity contribution in [1.82, 2.24) is 15.1 Å². The Bertz CT molecular complexity index is 445. The van der Waals surface area contributed by atoms with Gasteiger partial charge in [0.2, 0.25) is 6.35 Å². The lowest BCUT2D eigenvalue weighted by atomic mass is 10.3. The highest BCUT2D eigenvalue weighted by Crippen LogP contribution is 2.18. The Morgan fingerprint density at radius 3 is 3.21 bits per heavy atom. The van der Waals surface area contributed by atoms with Gasteiger partial charge in [0.1, 0.15) is 0 Å². The van der Waals surface area contributed by atoms with Crippen molar-refractivity contribution in [2.24, 2.45) is 0 Å². The Labute approximate surface area is 81.5 Å². The van der Waals surface area contributed by atoms with Crippen LogP contribution >= 0.6 is 0 Å². The summed E-state index contributed by atoms with van der Waals surface area (Å²) in [6.45, 7) is 1.64. The van der Waals surface area contributed by atoms with E-state index >= 15 is 0 Å². The monoisotopic (exact) mass is 189 g/mol. The van der Waals surface area contributed by atoms with Crippen LogP contribution in [0.1, 0.15) is 6.35 Å². The summed E-state index contributed by atoms with van der Waals surface area (Å²) >= 11 is 0. The molecule has 1 aliphatic heterocycles. The zero-order valence-electron chi connectivity index (χ0n) is 7.68.